The van der Waals surface area contributed by atoms with E-state index in [1.165, 1.54) is 11.1 Å². The second-order valence-electron chi connectivity index (χ2n) is 6.13. The number of hydrogen-bond donors (Lipinski definition) is 2. The van der Waals surface area contributed by atoms with Gasteiger partial charge in [-0.15, -0.1) is 0 Å². The number of carbonyl (C=O) groups excluding carboxylic acids is 1. The molecule has 1 amide bonds. The summed E-state index contributed by atoms with van der Waals surface area (Å²) in [5.74, 6) is 0.00948. The van der Waals surface area contributed by atoms with E-state index in [0.717, 1.165) is 11.3 Å². The summed E-state index contributed by atoms with van der Waals surface area (Å²) in [5.41, 5.74) is 4.36. The highest BCUT2D eigenvalue weighted by Gasteiger charge is 2.11. The Morgan fingerprint density at radius 3 is 2.04 bits per heavy atom. The quantitative estimate of drug-likeness (QED) is 0.712. The van der Waals surface area contributed by atoms with Crippen LogP contribution in [0, 0.1) is 0 Å². The van der Waals surface area contributed by atoms with Crippen LogP contribution >= 0.6 is 0 Å². The summed E-state index contributed by atoms with van der Waals surface area (Å²) in [6.45, 7) is 2.51. The molecular formula is C22H23N2O+. The zero-order valence-corrected chi connectivity index (χ0v) is 14.4. The summed E-state index contributed by atoms with van der Waals surface area (Å²) >= 11 is 0. The standard InChI is InChI=1S/C22H22N2O/c1-17(18-8-4-2-5-9-18)23-16-22(25)24-21-14-12-20(13-15-21)19-10-6-3-7-11-19/h2-15,17,23H,16H2,1H3,(H,24,25)/p+1/t17-/m0/s1. The summed E-state index contributed by atoms with van der Waals surface area (Å²) < 4.78 is 0. The molecule has 0 aliphatic rings. The Morgan fingerprint density at radius 1 is 0.840 bits per heavy atom. The van der Waals surface area contributed by atoms with Crippen molar-refractivity contribution in [1.29, 1.82) is 0 Å². The Kier molecular flexibility index (Phi) is 5.60. The van der Waals surface area contributed by atoms with Gasteiger partial charge in [0.1, 0.15) is 6.04 Å². The Hall–Kier alpha value is -2.91. The topological polar surface area (TPSA) is 45.7 Å². The van der Waals surface area contributed by atoms with Crippen LogP contribution in [0.1, 0.15) is 18.5 Å². The maximum absolute atomic E-state index is 12.2. The normalized spacial score (nSPS) is 11.7. The number of rotatable bonds is 6. The van der Waals surface area contributed by atoms with E-state index in [-0.39, 0.29) is 11.9 Å². The molecule has 0 radical (unpaired) electrons. The van der Waals surface area contributed by atoms with Gasteiger partial charge in [-0.2, -0.15) is 0 Å². The van der Waals surface area contributed by atoms with E-state index < -0.39 is 0 Å². The maximum Gasteiger partial charge on any atom is 0.279 e. The fourth-order valence-electron chi connectivity index (χ4n) is 2.77. The monoisotopic (exact) mass is 331 g/mol. The molecule has 0 spiro atoms. The van der Waals surface area contributed by atoms with Gasteiger partial charge in [-0.1, -0.05) is 72.8 Å². The van der Waals surface area contributed by atoms with E-state index in [2.05, 4.69) is 36.5 Å². The number of quaternary nitrogens is 1. The van der Waals surface area contributed by atoms with Crippen LogP contribution in [0.4, 0.5) is 5.69 Å². The SMILES string of the molecule is C[C@H]([NH2+]CC(=O)Nc1ccc(-c2ccccc2)cc1)c1ccccc1. The van der Waals surface area contributed by atoms with E-state index in [1.807, 2.05) is 66.0 Å². The van der Waals surface area contributed by atoms with Crippen LogP contribution < -0.4 is 10.6 Å². The van der Waals surface area contributed by atoms with Gasteiger partial charge in [0.05, 0.1) is 0 Å². The number of benzene rings is 3. The van der Waals surface area contributed by atoms with Gasteiger partial charge in [0.2, 0.25) is 0 Å². The Balaban J connectivity index is 1.53. The van der Waals surface area contributed by atoms with Crippen LogP contribution in [-0.2, 0) is 4.79 Å². The molecule has 0 unspecified atom stereocenters. The molecular weight excluding hydrogens is 308 g/mol. The van der Waals surface area contributed by atoms with E-state index in [4.69, 9.17) is 0 Å². The molecule has 0 bridgehead atoms. The fraction of sp³-hybridized carbons (Fsp3) is 0.136. The molecule has 0 aromatic heterocycles. The van der Waals surface area contributed by atoms with Gasteiger partial charge in [0.25, 0.3) is 5.91 Å². The minimum atomic E-state index is 0.00948. The summed E-state index contributed by atoms with van der Waals surface area (Å²) in [4.78, 5) is 12.2. The first-order valence-corrected chi connectivity index (χ1v) is 8.56. The third-order valence-corrected chi connectivity index (χ3v) is 4.26. The molecule has 0 heterocycles. The van der Waals surface area contributed by atoms with Gasteiger partial charge in [0.15, 0.2) is 6.54 Å². The largest absolute Gasteiger partial charge is 0.333 e. The number of hydrogen-bond acceptors (Lipinski definition) is 1. The van der Waals surface area contributed by atoms with Crippen molar-refractivity contribution in [3.05, 3.63) is 90.5 Å². The predicted octanol–water partition coefficient (Wildman–Crippen LogP) is 3.62. The molecule has 3 aromatic rings. The van der Waals surface area contributed by atoms with Gasteiger partial charge >= 0.3 is 0 Å². The van der Waals surface area contributed by atoms with Crippen LogP contribution in [-0.4, -0.2) is 12.5 Å². The lowest BCUT2D eigenvalue weighted by Crippen LogP contribution is -2.86. The lowest BCUT2D eigenvalue weighted by molar-refractivity contribution is -0.682. The van der Waals surface area contributed by atoms with Crippen molar-refractivity contribution in [3.8, 4) is 11.1 Å². The minimum Gasteiger partial charge on any atom is -0.333 e. The molecule has 0 saturated carbocycles. The van der Waals surface area contributed by atoms with Crippen molar-refractivity contribution in [1.82, 2.24) is 0 Å². The van der Waals surface area contributed by atoms with Crippen molar-refractivity contribution >= 4 is 11.6 Å². The van der Waals surface area contributed by atoms with E-state index in [1.54, 1.807) is 0 Å². The van der Waals surface area contributed by atoms with Gasteiger partial charge in [-0.25, -0.2) is 0 Å². The van der Waals surface area contributed by atoms with E-state index in [0.29, 0.717) is 6.54 Å². The summed E-state index contributed by atoms with van der Waals surface area (Å²) in [6.07, 6.45) is 0. The molecule has 1 atom stereocenters. The molecule has 0 fully saturated rings. The third-order valence-electron chi connectivity index (χ3n) is 4.26. The zero-order valence-electron chi connectivity index (χ0n) is 14.4. The van der Waals surface area contributed by atoms with Crippen LogP contribution in [0.25, 0.3) is 11.1 Å². The molecule has 0 aliphatic carbocycles. The van der Waals surface area contributed by atoms with Crippen molar-refractivity contribution < 1.29 is 10.1 Å². The molecule has 3 heteroatoms. The summed E-state index contributed by atoms with van der Waals surface area (Å²) in [6, 6.07) is 28.6. The Bertz CT molecular complexity index is 798. The number of nitrogens with two attached hydrogens (primary N) is 1. The van der Waals surface area contributed by atoms with Crippen molar-refractivity contribution in [2.24, 2.45) is 0 Å². The summed E-state index contributed by atoms with van der Waals surface area (Å²) in [5, 5.41) is 5.00. The van der Waals surface area contributed by atoms with Gasteiger partial charge in [0, 0.05) is 11.3 Å². The highest BCUT2D eigenvalue weighted by Crippen LogP contribution is 2.20. The lowest BCUT2D eigenvalue weighted by atomic mass is 10.1. The second-order valence-corrected chi connectivity index (χ2v) is 6.13. The predicted molar refractivity (Wildman–Crippen MR) is 102 cm³/mol. The molecule has 3 nitrogen and oxygen atoms in total. The highest BCUT2D eigenvalue weighted by molar-refractivity contribution is 5.91. The number of amides is 1. The molecule has 3 rings (SSSR count). The van der Waals surface area contributed by atoms with E-state index >= 15 is 0 Å². The first kappa shape index (κ1) is 16.9. The van der Waals surface area contributed by atoms with Crippen molar-refractivity contribution in [2.75, 3.05) is 11.9 Å². The lowest BCUT2D eigenvalue weighted by Gasteiger charge is -2.11. The van der Waals surface area contributed by atoms with Crippen molar-refractivity contribution in [2.45, 2.75) is 13.0 Å². The van der Waals surface area contributed by atoms with Gasteiger partial charge < -0.3 is 10.6 Å². The maximum atomic E-state index is 12.2. The number of nitrogens with one attached hydrogen (secondary N) is 1. The molecule has 126 valence electrons. The summed E-state index contributed by atoms with van der Waals surface area (Å²) in [7, 11) is 0. The number of carbonyl (C=O) groups is 1. The second kappa shape index (κ2) is 8.27. The molecule has 25 heavy (non-hydrogen) atoms. The van der Waals surface area contributed by atoms with Gasteiger partial charge in [-0.3, -0.25) is 4.79 Å². The Morgan fingerprint density at radius 2 is 1.40 bits per heavy atom. The molecule has 0 aliphatic heterocycles. The first-order chi connectivity index (χ1) is 12.2. The minimum absolute atomic E-state index is 0.00948. The van der Waals surface area contributed by atoms with Crippen LogP contribution in [0.15, 0.2) is 84.9 Å². The fourth-order valence-corrected chi connectivity index (χ4v) is 2.77. The Labute approximate surface area is 148 Å². The average molecular weight is 331 g/mol. The first-order valence-electron chi connectivity index (χ1n) is 8.56. The average Bonchev–Trinajstić information content (AvgIpc) is 2.68. The zero-order chi connectivity index (χ0) is 17.5. The van der Waals surface area contributed by atoms with Crippen LogP contribution in [0.5, 0.6) is 0 Å². The van der Waals surface area contributed by atoms with Crippen LogP contribution in [0.3, 0.4) is 0 Å². The van der Waals surface area contributed by atoms with E-state index in [9.17, 15) is 4.79 Å². The molecule has 3 aromatic carbocycles. The van der Waals surface area contributed by atoms with Crippen molar-refractivity contribution in [3.63, 3.8) is 0 Å². The van der Waals surface area contributed by atoms with Crippen LogP contribution in [0.2, 0.25) is 0 Å². The highest BCUT2D eigenvalue weighted by atomic mass is 16.1. The van der Waals surface area contributed by atoms with Gasteiger partial charge in [-0.05, 0) is 30.2 Å². The molecule has 3 N–H and O–H groups in total. The third kappa shape index (κ3) is 4.78. The number of anilines is 1. The smallest absolute Gasteiger partial charge is 0.279 e. The molecule has 0 saturated heterocycles.